The third-order valence-corrected chi connectivity index (χ3v) is 5.49. The Bertz CT molecular complexity index is 269. The van der Waals surface area contributed by atoms with E-state index in [0.29, 0.717) is 5.54 Å². The fraction of sp³-hybridized carbons (Fsp3) is 1.00. The first-order chi connectivity index (χ1) is 10.2. The van der Waals surface area contributed by atoms with Gasteiger partial charge in [0.05, 0.1) is 0 Å². The average Bonchev–Trinajstić information content (AvgIpc) is 2.66. The summed E-state index contributed by atoms with van der Waals surface area (Å²) in [6, 6.07) is 0. The van der Waals surface area contributed by atoms with E-state index in [-0.39, 0.29) is 0 Å². The molecular weight excluding hydrogens is 256 g/mol. The predicted octanol–water partition coefficient (Wildman–Crippen LogP) is 4.59. The molecule has 2 fully saturated rings. The molecule has 0 unspecified atom stereocenters. The fourth-order valence-corrected chi connectivity index (χ4v) is 4.22. The smallest absolute Gasteiger partial charge is 0.0308 e. The van der Waals surface area contributed by atoms with Gasteiger partial charge in [0.15, 0.2) is 0 Å². The summed E-state index contributed by atoms with van der Waals surface area (Å²) in [5.74, 6) is 0.882. The van der Waals surface area contributed by atoms with Crippen molar-refractivity contribution < 1.29 is 0 Å². The summed E-state index contributed by atoms with van der Waals surface area (Å²) in [6.07, 6.45) is 15.6. The molecule has 1 aliphatic heterocycles. The average molecular weight is 295 g/mol. The van der Waals surface area contributed by atoms with Crippen LogP contribution < -0.4 is 5.32 Å². The highest BCUT2D eigenvalue weighted by Gasteiger charge is 2.34. The zero-order valence-electron chi connectivity index (χ0n) is 14.6. The highest BCUT2D eigenvalue weighted by Crippen LogP contribution is 2.30. The van der Waals surface area contributed by atoms with Gasteiger partial charge in [-0.3, -0.25) is 0 Å². The van der Waals surface area contributed by atoms with Crippen LogP contribution in [-0.4, -0.2) is 36.6 Å². The third kappa shape index (κ3) is 6.28. The Labute approximate surface area is 133 Å². The van der Waals surface area contributed by atoms with Gasteiger partial charge in [-0.1, -0.05) is 58.8 Å². The van der Waals surface area contributed by atoms with Crippen molar-refractivity contribution in [2.75, 3.05) is 26.2 Å². The van der Waals surface area contributed by atoms with Crippen LogP contribution in [0.1, 0.15) is 84.5 Å². The topological polar surface area (TPSA) is 15.3 Å². The molecule has 2 rings (SSSR count). The molecule has 2 aliphatic rings. The number of unbranched alkanes of at least 4 members (excludes halogenated alkanes) is 3. The fourth-order valence-electron chi connectivity index (χ4n) is 4.22. The van der Waals surface area contributed by atoms with E-state index in [1.807, 2.05) is 0 Å². The van der Waals surface area contributed by atoms with Crippen molar-refractivity contribution in [3.8, 4) is 0 Å². The largest absolute Gasteiger partial charge is 0.310 e. The summed E-state index contributed by atoms with van der Waals surface area (Å²) < 4.78 is 0. The van der Waals surface area contributed by atoms with Crippen molar-refractivity contribution in [1.82, 2.24) is 10.2 Å². The number of hydrogen-bond donors (Lipinski definition) is 1. The molecule has 2 nitrogen and oxygen atoms in total. The SMILES string of the molecule is CC(C)CCCCCCN1CCCNC2(CCCCC2)C1. The number of nitrogens with one attached hydrogen (secondary N) is 1. The summed E-state index contributed by atoms with van der Waals surface area (Å²) in [4.78, 5) is 2.77. The summed E-state index contributed by atoms with van der Waals surface area (Å²) in [6.45, 7) is 9.90. The molecule has 1 spiro atoms. The lowest BCUT2D eigenvalue weighted by molar-refractivity contribution is 0.162. The number of hydrogen-bond acceptors (Lipinski definition) is 2. The van der Waals surface area contributed by atoms with Crippen molar-refractivity contribution in [3.63, 3.8) is 0 Å². The van der Waals surface area contributed by atoms with Crippen LogP contribution in [0.15, 0.2) is 0 Å². The molecule has 0 atom stereocenters. The predicted molar refractivity (Wildman–Crippen MR) is 92.8 cm³/mol. The van der Waals surface area contributed by atoms with Gasteiger partial charge < -0.3 is 10.2 Å². The van der Waals surface area contributed by atoms with Crippen molar-refractivity contribution in [3.05, 3.63) is 0 Å². The van der Waals surface area contributed by atoms with Crippen molar-refractivity contribution >= 4 is 0 Å². The molecule has 21 heavy (non-hydrogen) atoms. The Morgan fingerprint density at radius 3 is 2.48 bits per heavy atom. The second-order valence-electron chi connectivity index (χ2n) is 7.99. The minimum atomic E-state index is 0.479. The molecule has 1 saturated heterocycles. The Hall–Kier alpha value is -0.0800. The zero-order chi connectivity index (χ0) is 15.0. The Balaban J connectivity index is 1.65. The lowest BCUT2D eigenvalue weighted by atomic mass is 9.81. The molecule has 2 heteroatoms. The maximum atomic E-state index is 3.91. The van der Waals surface area contributed by atoms with Gasteiger partial charge in [0.25, 0.3) is 0 Å². The van der Waals surface area contributed by atoms with Crippen LogP contribution in [0.5, 0.6) is 0 Å². The molecular formula is C19H38N2. The van der Waals surface area contributed by atoms with Crippen molar-refractivity contribution in [2.45, 2.75) is 90.0 Å². The molecule has 1 aliphatic carbocycles. The second kappa shape index (κ2) is 9.15. The van der Waals surface area contributed by atoms with E-state index in [9.17, 15) is 0 Å². The Morgan fingerprint density at radius 1 is 0.952 bits per heavy atom. The first kappa shape index (κ1) is 17.3. The van der Waals surface area contributed by atoms with E-state index < -0.39 is 0 Å². The highest BCUT2D eigenvalue weighted by molar-refractivity contribution is 4.95. The Kier molecular flexibility index (Phi) is 7.53. The molecule has 0 aromatic carbocycles. The van der Waals surface area contributed by atoms with E-state index in [4.69, 9.17) is 0 Å². The zero-order valence-corrected chi connectivity index (χ0v) is 14.6. The molecule has 1 heterocycles. The molecule has 1 saturated carbocycles. The van der Waals surface area contributed by atoms with E-state index >= 15 is 0 Å². The summed E-state index contributed by atoms with van der Waals surface area (Å²) in [7, 11) is 0. The van der Waals surface area contributed by atoms with Crippen molar-refractivity contribution in [1.29, 1.82) is 0 Å². The highest BCUT2D eigenvalue weighted by atomic mass is 15.2. The summed E-state index contributed by atoms with van der Waals surface area (Å²) >= 11 is 0. The van der Waals surface area contributed by atoms with Crippen LogP contribution in [-0.2, 0) is 0 Å². The van der Waals surface area contributed by atoms with E-state index in [0.717, 1.165) is 5.92 Å². The van der Waals surface area contributed by atoms with Crippen LogP contribution in [0, 0.1) is 5.92 Å². The number of nitrogens with zero attached hydrogens (tertiary/aromatic N) is 1. The minimum Gasteiger partial charge on any atom is -0.310 e. The molecule has 0 aromatic heterocycles. The van der Waals surface area contributed by atoms with Gasteiger partial charge in [-0.15, -0.1) is 0 Å². The first-order valence-electron chi connectivity index (χ1n) is 9.68. The molecule has 124 valence electrons. The van der Waals surface area contributed by atoms with Gasteiger partial charge in [0.2, 0.25) is 0 Å². The third-order valence-electron chi connectivity index (χ3n) is 5.49. The van der Waals surface area contributed by atoms with Crippen LogP contribution in [0.2, 0.25) is 0 Å². The van der Waals surface area contributed by atoms with Crippen LogP contribution in [0.25, 0.3) is 0 Å². The minimum absolute atomic E-state index is 0.479. The lowest BCUT2D eigenvalue weighted by Crippen LogP contribution is -2.52. The molecule has 0 aromatic rings. The van der Waals surface area contributed by atoms with E-state index in [2.05, 4.69) is 24.1 Å². The van der Waals surface area contributed by atoms with Gasteiger partial charge in [-0.2, -0.15) is 0 Å². The van der Waals surface area contributed by atoms with Crippen LogP contribution in [0.3, 0.4) is 0 Å². The van der Waals surface area contributed by atoms with Gasteiger partial charge >= 0.3 is 0 Å². The maximum Gasteiger partial charge on any atom is 0.0308 e. The van der Waals surface area contributed by atoms with Crippen LogP contribution >= 0.6 is 0 Å². The second-order valence-corrected chi connectivity index (χ2v) is 7.99. The number of rotatable bonds is 7. The lowest BCUT2D eigenvalue weighted by Gasteiger charge is -2.40. The maximum absolute atomic E-state index is 3.91. The molecule has 0 bridgehead atoms. The van der Waals surface area contributed by atoms with E-state index in [1.54, 1.807) is 0 Å². The van der Waals surface area contributed by atoms with Gasteiger partial charge in [0.1, 0.15) is 0 Å². The summed E-state index contributed by atoms with van der Waals surface area (Å²) in [5.41, 5.74) is 0.479. The van der Waals surface area contributed by atoms with Gasteiger partial charge in [-0.05, 0) is 51.2 Å². The summed E-state index contributed by atoms with van der Waals surface area (Å²) in [5, 5.41) is 3.91. The van der Waals surface area contributed by atoms with E-state index in [1.165, 1.54) is 96.8 Å². The normalized spacial score (nSPS) is 23.6. The van der Waals surface area contributed by atoms with Crippen LogP contribution in [0.4, 0.5) is 0 Å². The quantitative estimate of drug-likeness (QED) is 0.691. The van der Waals surface area contributed by atoms with Gasteiger partial charge in [0, 0.05) is 12.1 Å². The van der Waals surface area contributed by atoms with Gasteiger partial charge in [-0.25, -0.2) is 0 Å². The molecule has 0 radical (unpaired) electrons. The molecule has 1 N–H and O–H groups in total. The molecule has 0 amide bonds. The monoisotopic (exact) mass is 294 g/mol. The Morgan fingerprint density at radius 2 is 1.71 bits per heavy atom. The standard InChI is InChI=1S/C19H38N2/c1-18(2)11-6-3-4-9-15-21-16-10-14-20-19(17-21)12-7-5-8-13-19/h18,20H,3-17H2,1-2H3. The first-order valence-corrected chi connectivity index (χ1v) is 9.68. The van der Waals surface area contributed by atoms with Crippen molar-refractivity contribution in [2.24, 2.45) is 5.92 Å².